The lowest BCUT2D eigenvalue weighted by molar-refractivity contribution is -0.131. The van der Waals surface area contributed by atoms with Crippen LogP contribution in [0.2, 0.25) is 0 Å². The van der Waals surface area contributed by atoms with E-state index in [1.165, 1.54) is 24.5 Å². The monoisotopic (exact) mass is 312 g/mol. The molecular weight excluding hydrogens is 292 g/mol. The number of aliphatic carboxylic acids is 1. The summed E-state index contributed by atoms with van der Waals surface area (Å²) in [6.45, 7) is 5.78. The van der Waals surface area contributed by atoms with Crippen LogP contribution in [0.5, 0.6) is 0 Å². The molecular formula is C14H20N2O4S. The molecule has 0 spiro atoms. The average Bonchev–Trinajstić information content (AvgIpc) is 2.44. The number of nitrogens with zero attached hydrogens (tertiary/aromatic N) is 1. The van der Waals surface area contributed by atoms with Crippen molar-refractivity contribution >= 4 is 22.1 Å². The molecule has 0 bridgehead atoms. The molecule has 7 heteroatoms. The van der Waals surface area contributed by atoms with Crippen molar-refractivity contribution < 1.29 is 18.3 Å². The average molecular weight is 312 g/mol. The molecule has 0 saturated carbocycles. The van der Waals surface area contributed by atoms with Crippen molar-refractivity contribution in [2.45, 2.75) is 38.1 Å². The zero-order valence-corrected chi connectivity index (χ0v) is 13.1. The minimum absolute atomic E-state index is 0.0187. The number of carboxylic acid groups (broad SMARTS) is 1. The van der Waals surface area contributed by atoms with Crippen molar-refractivity contribution in [2.75, 3.05) is 0 Å². The summed E-state index contributed by atoms with van der Waals surface area (Å²) in [6, 6.07) is 1.19. The van der Waals surface area contributed by atoms with Gasteiger partial charge < -0.3 is 5.11 Å². The Morgan fingerprint density at radius 2 is 2.10 bits per heavy atom. The molecule has 0 saturated heterocycles. The van der Waals surface area contributed by atoms with Gasteiger partial charge in [-0.25, -0.2) is 17.9 Å². The minimum Gasteiger partial charge on any atom is -0.478 e. The van der Waals surface area contributed by atoms with E-state index in [0.29, 0.717) is 5.56 Å². The summed E-state index contributed by atoms with van der Waals surface area (Å²) in [7, 11) is -3.67. The second-order valence-corrected chi connectivity index (χ2v) is 6.64. The fourth-order valence-electron chi connectivity index (χ4n) is 1.62. The first-order valence-electron chi connectivity index (χ1n) is 6.64. The third-order valence-electron chi connectivity index (χ3n) is 3.30. The Bertz CT molecular complexity index is 626. The number of rotatable bonds is 7. The van der Waals surface area contributed by atoms with Crippen molar-refractivity contribution in [3.8, 4) is 0 Å². The van der Waals surface area contributed by atoms with Gasteiger partial charge in [0.2, 0.25) is 10.0 Å². The minimum atomic E-state index is -3.67. The maximum Gasteiger partial charge on any atom is 0.328 e. The first-order chi connectivity index (χ1) is 9.76. The lowest BCUT2D eigenvalue weighted by Gasteiger charge is -2.19. The second kappa shape index (κ2) is 7.33. The van der Waals surface area contributed by atoms with Crippen LogP contribution in [-0.4, -0.2) is 30.5 Å². The molecule has 1 aromatic rings. The van der Waals surface area contributed by atoms with Gasteiger partial charge in [-0.3, -0.25) is 4.98 Å². The number of sulfonamides is 1. The fraction of sp³-hybridized carbons (Fsp3) is 0.429. The third kappa shape index (κ3) is 5.28. The van der Waals surface area contributed by atoms with Crippen molar-refractivity contribution in [1.29, 1.82) is 0 Å². The molecule has 0 fully saturated rings. The highest BCUT2D eigenvalue weighted by molar-refractivity contribution is 7.89. The van der Waals surface area contributed by atoms with E-state index in [4.69, 9.17) is 5.11 Å². The summed E-state index contributed by atoms with van der Waals surface area (Å²) >= 11 is 0. The summed E-state index contributed by atoms with van der Waals surface area (Å²) in [5, 5.41) is 8.57. The molecule has 6 nitrogen and oxygen atoms in total. The molecule has 116 valence electrons. The standard InChI is InChI=1S/C14H20N2O4S/c1-4-10(2)11(3)16-21(19,20)13-7-12(8-15-9-13)5-6-14(17)18/h5-11,16H,4H2,1-3H3,(H,17,18). The number of hydrogen-bond donors (Lipinski definition) is 2. The molecule has 21 heavy (non-hydrogen) atoms. The van der Waals surface area contributed by atoms with Gasteiger partial charge in [0.1, 0.15) is 4.90 Å². The summed E-state index contributed by atoms with van der Waals surface area (Å²) in [5.74, 6) is -0.894. The Hall–Kier alpha value is -1.73. The summed E-state index contributed by atoms with van der Waals surface area (Å²) in [5.41, 5.74) is 0.413. The zero-order chi connectivity index (χ0) is 16.0. The molecule has 0 aliphatic heterocycles. The predicted molar refractivity (Wildman–Crippen MR) is 80.1 cm³/mol. The summed E-state index contributed by atoms with van der Waals surface area (Å²) in [4.78, 5) is 14.3. The van der Waals surface area contributed by atoms with Crippen LogP contribution in [-0.2, 0) is 14.8 Å². The van der Waals surface area contributed by atoms with Gasteiger partial charge in [0.25, 0.3) is 0 Å². The van der Waals surface area contributed by atoms with Gasteiger partial charge >= 0.3 is 5.97 Å². The first kappa shape index (κ1) is 17.3. The molecule has 0 amide bonds. The van der Waals surface area contributed by atoms with Gasteiger partial charge in [-0.1, -0.05) is 20.3 Å². The van der Waals surface area contributed by atoms with E-state index < -0.39 is 16.0 Å². The van der Waals surface area contributed by atoms with Crippen LogP contribution < -0.4 is 4.72 Å². The van der Waals surface area contributed by atoms with Crippen LogP contribution in [0.25, 0.3) is 6.08 Å². The van der Waals surface area contributed by atoms with Crippen molar-refractivity contribution in [3.63, 3.8) is 0 Å². The molecule has 2 atom stereocenters. The van der Waals surface area contributed by atoms with E-state index in [0.717, 1.165) is 12.5 Å². The van der Waals surface area contributed by atoms with E-state index in [-0.39, 0.29) is 16.9 Å². The van der Waals surface area contributed by atoms with E-state index in [1.807, 2.05) is 20.8 Å². The molecule has 1 rings (SSSR count). The number of pyridine rings is 1. The highest BCUT2D eigenvalue weighted by Gasteiger charge is 2.20. The SMILES string of the molecule is CCC(C)C(C)NS(=O)(=O)c1cncc(C=CC(=O)O)c1. The van der Waals surface area contributed by atoms with E-state index in [9.17, 15) is 13.2 Å². The largest absolute Gasteiger partial charge is 0.478 e. The van der Waals surface area contributed by atoms with Gasteiger partial charge in [0.05, 0.1) is 0 Å². The normalized spacial score (nSPS) is 15.0. The Morgan fingerprint density at radius 3 is 2.67 bits per heavy atom. The van der Waals surface area contributed by atoms with Crippen LogP contribution in [0, 0.1) is 5.92 Å². The molecule has 2 N–H and O–H groups in total. The quantitative estimate of drug-likeness (QED) is 0.749. The van der Waals surface area contributed by atoms with Crippen LogP contribution in [0.4, 0.5) is 0 Å². The Labute approximate surface area is 125 Å². The second-order valence-electron chi connectivity index (χ2n) is 4.92. The number of nitrogens with one attached hydrogen (secondary N) is 1. The number of aromatic nitrogens is 1. The van der Waals surface area contributed by atoms with Crippen molar-refractivity contribution in [3.05, 3.63) is 30.1 Å². The molecule has 0 aliphatic rings. The van der Waals surface area contributed by atoms with E-state index in [2.05, 4.69) is 9.71 Å². The summed E-state index contributed by atoms with van der Waals surface area (Å²) < 4.78 is 27.1. The highest BCUT2D eigenvalue weighted by Crippen LogP contribution is 2.14. The maximum absolute atomic E-state index is 12.3. The van der Waals surface area contributed by atoms with Crippen molar-refractivity contribution in [1.82, 2.24) is 9.71 Å². The molecule has 0 aliphatic carbocycles. The van der Waals surface area contributed by atoms with Crippen LogP contribution in [0.15, 0.2) is 29.4 Å². The van der Waals surface area contributed by atoms with Gasteiger partial charge in [-0.2, -0.15) is 0 Å². The number of carbonyl (C=O) groups is 1. The topological polar surface area (TPSA) is 96.4 Å². The molecule has 1 heterocycles. The van der Waals surface area contributed by atoms with Gasteiger partial charge in [-0.05, 0) is 30.5 Å². The fourth-order valence-corrected chi connectivity index (χ4v) is 2.97. The van der Waals surface area contributed by atoms with E-state index in [1.54, 1.807) is 0 Å². The highest BCUT2D eigenvalue weighted by atomic mass is 32.2. The molecule has 0 aromatic carbocycles. The third-order valence-corrected chi connectivity index (χ3v) is 4.83. The van der Waals surface area contributed by atoms with Gasteiger partial charge in [-0.15, -0.1) is 0 Å². The van der Waals surface area contributed by atoms with Gasteiger partial charge in [0.15, 0.2) is 0 Å². The van der Waals surface area contributed by atoms with E-state index >= 15 is 0 Å². The lowest BCUT2D eigenvalue weighted by Crippen LogP contribution is -2.36. The lowest BCUT2D eigenvalue weighted by atomic mass is 10.0. The number of carboxylic acids is 1. The van der Waals surface area contributed by atoms with Gasteiger partial charge in [0, 0.05) is 24.5 Å². The van der Waals surface area contributed by atoms with Crippen LogP contribution >= 0.6 is 0 Å². The van der Waals surface area contributed by atoms with Crippen molar-refractivity contribution in [2.24, 2.45) is 5.92 Å². The zero-order valence-electron chi connectivity index (χ0n) is 12.3. The Balaban J connectivity index is 2.98. The summed E-state index contributed by atoms with van der Waals surface area (Å²) in [6.07, 6.45) is 5.73. The van der Waals surface area contributed by atoms with Crippen LogP contribution in [0.3, 0.4) is 0 Å². The molecule has 1 aromatic heterocycles. The number of hydrogen-bond acceptors (Lipinski definition) is 4. The Kier molecular flexibility index (Phi) is 6.04. The van der Waals surface area contributed by atoms with Crippen LogP contribution in [0.1, 0.15) is 32.8 Å². The molecule has 0 radical (unpaired) electrons. The maximum atomic E-state index is 12.3. The first-order valence-corrected chi connectivity index (χ1v) is 8.13. The predicted octanol–water partition coefficient (Wildman–Crippen LogP) is 1.89. The Morgan fingerprint density at radius 1 is 1.43 bits per heavy atom. The smallest absolute Gasteiger partial charge is 0.328 e. The molecule has 2 unspecified atom stereocenters.